The molecule has 0 radical (unpaired) electrons. The highest BCUT2D eigenvalue weighted by Crippen LogP contribution is 2.36. The average Bonchev–Trinajstić information content (AvgIpc) is 2.68. The van der Waals surface area contributed by atoms with E-state index in [4.69, 9.17) is 21.1 Å². The molecule has 0 atom stereocenters. The van der Waals surface area contributed by atoms with Gasteiger partial charge in [0.05, 0.1) is 17.3 Å². The summed E-state index contributed by atoms with van der Waals surface area (Å²) in [4.78, 5) is 17.4. The Labute approximate surface area is 158 Å². The molecule has 0 unspecified atom stereocenters. The molecule has 1 N–H and O–H groups in total. The van der Waals surface area contributed by atoms with Crippen LogP contribution in [0.15, 0.2) is 55.3 Å². The predicted octanol–water partition coefficient (Wildman–Crippen LogP) is 3.99. The number of carbonyl (C=O) groups excluding carboxylic acids is 1. The van der Waals surface area contributed by atoms with Crippen molar-refractivity contribution in [2.75, 3.05) is 25.1 Å². The molecule has 6 heteroatoms. The lowest BCUT2D eigenvalue weighted by atomic mass is 9.73. The van der Waals surface area contributed by atoms with Gasteiger partial charge in [-0.15, -0.1) is 0 Å². The van der Waals surface area contributed by atoms with E-state index in [0.29, 0.717) is 49.3 Å². The number of nitrogens with one attached hydrogen (secondary N) is 1. The van der Waals surface area contributed by atoms with Crippen LogP contribution in [0, 0.1) is 0 Å². The third kappa shape index (κ3) is 4.06. The number of amides is 1. The Morgan fingerprint density at radius 3 is 2.62 bits per heavy atom. The number of anilines is 1. The Kier molecular flexibility index (Phi) is 5.91. The van der Waals surface area contributed by atoms with Crippen molar-refractivity contribution < 1.29 is 14.3 Å². The van der Waals surface area contributed by atoms with Crippen molar-refractivity contribution in [2.45, 2.75) is 18.3 Å². The van der Waals surface area contributed by atoms with Crippen LogP contribution in [0.1, 0.15) is 18.4 Å². The zero-order valence-electron chi connectivity index (χ0n) is 14.4. The summed E-state index contributed by atoms with van der Waals surface area (Å²) in [5, 5.41) is 3.63. The predicted molar refractivity (Wildman–Crippen MR) is 102 cm³/mol. The Morgan fingerprint density at radius 2 is 2.00 bits per heavy atom. The molecule has 1 aromatic heterocycles. The third-order valence-corrected chi connectivity index (χ3v) is 4.77. The van der Waals surface area contributed by atoms with E-state index in [1.165, 1.54) is 0 Å². The summed E-state index contributed by atoms with van der Waals surface area (Å²) in [6, 6.07) is 11.0. The minimum atomic E-state index is -0.638. The number of nitrogens with zero attached hydrogens (tertiary/aromatic N) is 1. The van der Waals surface area contributed by atoms with Crippen LogP contribution in [-0.2, 0) is 14.9 Å². The van der Waals surface area contributed by atoms with E-state index < -0.39 is 5.41 Å². The van der Waals surface area contributed by atoms with Crippen molar-refractivity contribution in [3.8, 4) is 5.88 Å². The molecular weight excluding hydrogens is 352 g/mol. The molecule has 1 aromatic carbocycles. The second-order valence-corrected chi connectivity index (χ2v) is 6.58. The van der Waals surface area contributed by atoms with E-state index in [-0.39, 0.29) is 5.91 Å². The lowest BCUT2D eigenvalue weighted by Crippen LogP contribution is -2.44. The highest BCUT2D eigenvalue weighted by atomic mass is 35.5. The van der Waals surface area contributed by atoms with Crippen molar-refractivity contribution in [3.05, 3.63) is 65.8 Å². The molecule has 0 saturated carbocycles. The number of hydrogen-bond acceptors (Lipinski definition) is 4. The lowest BCUT2D eigenvalue weighted by molar-refractivity contribution is -0.125. The highest BCUT2D eigenvalue weighted by molar-refractivity contribution is 6.30. The van der Waals surface area contributed by atoms with Crippen molar-refractivity contribution >= 4 is 23.2 Å². The van der Waals surface area contributed by atoms with Gasteiger partial charge in [-0.25, -0.2) is 4.98 Å². The number of halogens is 1. The van der Waals surface area contributed by atoms with Crippen molar-refractivity contribution in [1.82, 2.24) is 4.98 Å². The Morgan fingerprint density at radius 1 is 1.27 bits per heavy atom. The van der Waals surface area contributed by atoms with Crippen molar-refractivity contribution in [1.29, 1.82) is 0 Å². The number of pyridine rings is 1. The highest BCUT2D eigenvalue weighted by Gasteiger charge is 2.41. The van der Waals surface area contributed by atoms with Gasteiger partial charge >= 0.3 is 0 Å². The molecule has 0 aliphatic carbocycles. The molecule has 1 saturated heterocycles. The quantitative estimate of drug-likeness (QED) is 0.779. The maximum atomic E-state index is 13.2. The van der Waals surface area contributed by atoms with Crippen molar-refractivity contribution in [2.24, 2.45) is 0 Å². The van der Waals surface area contributed by atoms with E-state index in [9.17, 15) is 4.79 Å². The van der Waals surface area contributed by atoms with Gasteiger partial charge in [0.1, 0.15) is 6.61 Å². The topological polar surface area (TPSA) is 60.5 Å². The third-order valence-electron chi connectivity index (χ3n) is 4.52. The molecule has 0 bridgehead atoms. The summed E-state index contributed by atoms with van der Waals surface area (Å²) in [7, 11) is 0. The maximum absolute atomic E-state index is 13.2. The fourth-order valence-electron chi connectivity index (χ4n) is 3.07. The molecule has 1 aliphatic heterocycles. The van der Waals surface area contributed by atoms with Crippen LogP contribution in [0.25, 0.3) is 0 Å². The number of ether oxygens (including phenoxy) is 2. The van der Waals surface area contributed by atoms with Crippen LogP contribution in [0.5, 0.6) is 5.88 Å². The molecule has 0 spiro atoms. The van der Waals surface area contributed by atoms with Crippen LogP contribution >= 0.6 is 11.6 Å². The van der Waals surface area contributed by atoms with E-state index >= 15 is 0 Å². The van der Waals surface area contributed by atoms with E-state index in [0.717, 1.165) is 5.56 Å². The summed E-state index contributed by atoms with van der Waals surface area (Å²) in [6.45, 7) is 5.07. The van der Waals surface area contributed by atoms with Gasteiger partial charge in [0.15, 0.2) is 0 Å². The molecule has 3 rings (SSSR count). The first-order chi connectivity index (χ1) is 12.6. The first-order valence-corrected chi connectivity index (χ1v) is 8.87. The van der Waals surface area contributed by atoms with Gasteiger partial charge in [-0.1, -0.05) is 36.4 Å². The minimum absolute atomic E-state index is 0.0651. The normalized spacial score (nSPS) is 15.9. The Balaban J connectivity index is 1.79. The largest absolute Gasteiger partial charge is 0.473 e. The number of hydrogen-bond donors (Lipinski definition) is 1. The molecule has 1 fully saturated rings. The monoisotopic (exact) mass is 372 g/mol. The van der Waals surface area contributed by atoms with E-state index in [1.54, 1.807) is 24.4 Å². The summed E-state index contributed by atoms with van der Waals surface area (Å²) in [5.74, 6) is 0.422. The van der Waals surface area contributed by atoms with Gasteiger partial charge < -0.3 is 14.8 Å². The molecule has 2 heterocycles. The number of aromatic nitrogens is 1. The lowest BCUT2D eigenvalue weighted by Gasteiger charge is -2.36. The van der Waals surface area contributed by atoms with E-state index in [1.807, 2.05) is 24.3 Å². The number of benzene rings is 1. The van der Waals surface area contributed by atoms with Crippen LogP contribution in [-0.4, -0.2) is 30.7 Å². The second kappa shape index (κ2) is 8.34. The molecule has 136 valence electrons. The van der Waals surface area contributed by atoms with Gasteiger partial charge in [-0.2, -0.15) is 0 Å². The molecule has 26 heavy (non-hydrogen) atoms. The van der Waals surface area contributed by atoms with Gasteiger partial charge in [0.25, 0.3) is 0 Å². The SMILES string of the molecule is C=CCOc1ccc(NC(=O)C2(c3ccc(Cl)cc3)CCOCC2)cn1. The Bertz CT molecular complexity index is 754. The molecule has 1 amide bonds. The molecular formula is C20H21ClN2O3. The summed E-state index contributed by atoms with van der Waals surface area (Å²) in [5.41, 5.74) is 0.934. The first-order valence-electron chi connectivity index (χ1n) is 8.49. The summed E-state index contributed by atoms with van der Waals surface area (Å²) in [6.07, 6.45) is 4.48. The smallest absolute Gasteiger partial charge is 0.235 e. The van der Waals surface area contributed by atoms with E-state index in [2.05, 4.69) is 16.9 Å². The molecule has 2 aromatic rings. The van der Waals surface area contributed by atoms with Gasteiger partial charge in [0, 0.05) is 24.3 Å². The zero-order valence-corrected chi connectivity index (χ0v) is 15.2. The maximum Gasteiger partial charge on any atom is 0.235 e. The average molecular weight is 373 g/mol. The molecule has 5 nitrogen and oxygen atoms in total. The van der Waals surface area contributed by atoms with Gasteiger partial charge in [0.2, 0.25) is 11.8 Å². The van der Waals surface area contributed by atoms with Gasteiger partial charge in [-0.05, 0) is 36.6 Å². The minimum Gasteiger partial charge on any atom is -0.473 e. The summed E-state index contributed by atoms with van der Waals surface area (Å²) >= 11 is 6.00. The fraction of sp³-hybridized carbons (Fsp3) is 0.300. The van der Waals surface area contributed by atoms with Gasteiger partial charge in [-0.3, -0.25) is 4.79 Å². The standard InChI is InChI=1S/C20H21ClN2O3/c1-2-11-26-18-8-7-17(14-22-18)23-19(24)20(9-12-25-13-10-20)15-3-5-16(21)6-4-15/h2-8,14H,1,9-13H2,(H,23,24). The fourth-order valence-corrected chi connectivity index (χ4v) is 3.20. The van der Waals surface area contributed by atoms with Crippen LogP contribution in [0.2, 0.25) is 5.02 Å². The van der Waals surface area contributed by atoms with Crippen LogP contribution in [0.4, 0.5) is 5.69 Å². The summed E-state index contributed by atoms with van der Waals surface area (Å²) < 4.78 is 10.8. The Hall–Kier alpha value is -2.37. The number of carbonyl (C=O) groups is 1. The number of rotatable bonds is 6. The van der Waals surface area contributed by atoms with Crippen LogP contribution in [0.3, 0.4) is 0 Å². The van der Waals surface area contributed by atoms with Crippen molar-refractivity contribution in [3.63, 3.8) is 0 Å². The van der Waals surface area contributed by atoms with Crippen LogP contribution < -0.4 is 10.1 Å². The zero-order chi connectivity index (χ0) is 18.4. The second-order valence-electron chi connectivity index (χ2n) is 6.14. The molecule has 1 aliphatic rings. The first kappa shape index (κ1) is 18.4.